The third-order valence-corrected chi connectivity index (χ3v) is 4.29. The summed E-state index contributed by atoms with van der Waals surface area (Å²) in [5, 5.41) is 0. The zero-order valence-corrected chi connectivity index (χ0v) is 14.1. The Kier molecular flexibility index (Phi) is 6.84. The van der Waals surface area contributed by atoms with Crippen molar-refractivity contribution in [2.45, 2.75) is 38.6 Å². The Morgan fingerprint density at radius 1 is 1.35 bits per heavy atom. The molecule has 0 radical (unpaired) electrons. The van der Waals surface area contributed by atoms with E-state index >= 15 is 0 Å². The first-order chi connectivity index (χ1) is 11.1. The van der Waals surface area contributed by atoms with Crippen LogP contribution in [-0.4, -0.2) is 55.0 Å². The van der Waals surface area contributed by atoms with Gasteiger partial charge in [-0.25, -0.2) is 4.39 Å². The molecule has 1 saturated heterocycles. The van der Waals surface area contributed by atoms with Crippen molar-refractivity contribution in [3.05, 3.63) is 30.1 Å². The predicted octanol–water partition coefficient (Wildman–Crippen LogP) is 2.93. The van der Waals surface area contributed by atoms with E-state index in [4.69, 9.17) is 4.74 Å². The van der Waals surface area contributed by atoms with Gasteiger partial charge in [0.1, 0.15) is 18.2 Å². The number of rotatable bonds is 7. The number of likely N-dealkylation sites (tertiary alicyclic amines) is 1. The molecule has 0 N–H and O–H groups in total. The Labute approximate surface area is 138 Å². The highest BCUT2D eigenvalue weighted by molar-refractivity contribution is 5.81. The maximum atomic E-state index is 12.8. The van der Waals surface area contributed by atoms with E-state index in [1.807, 2.05) is 7.05 Å². The van der Waals surface area contributed by atoms with Gasteiger partial charge in [0.2, 0.25) is 5.91 Å². The van der Waals surface area contributed by atoms with Gasteiger partial charge in [0, 0.05) is 7.05 Å². The predicted molar refractivity (Wildman–Crippen MR) is 89.0 cm³/mol. The number of hydrogen-bond acceptors (Lipinski definition) is 3. The Hall–Kier alpha value is -1.62. The molecule has 1 heterocycles. The quantitative estimate of drug-likeness (QED) is 0.774. The number of likely N-dealkylation sites (N-methyl/N-ethyl adjacent to an activating group) is 1. The molecule has 1 aromatic carbocycles. The monoisotopic (exact) mass is 322 g/mol. The van der Waals surface area contributed by atoms with Crippen molar-refractivity contribution in [2.24, 2.45) is 0 Å². The number of amides is 1. The van der Waals surface area contributed by atoms with Crippen molar-refractivity contribution < 1.29 is 13.9 Å². The van der Waals surface area contributed by atoms with Gasteiger partial charge in [-0.3, -0.25) is 9.69 Å². The van der Waals surface area contributed by atoms with Crippen LogP contribution in [0, 0.1) is 5.82 Å². The number of hydrogen-bond donors (Lipinski definition) is 0. The van der Waals surface area contributed by atoms with Crippen LogP contribution in [0.25, 0.3) is 0 Å². The van der Waals surface area contributed by atoms with E-state index in [9.17, 15) is 9.18 Å². The highest BCUT2D eigenvalue weighted by atomic mass is 19.1. The molecule has 1 amide bonds. The van der Waals surface area contributed by atoms with Crippen molar-refractivity contribution in [1.82, 2.24) is 9.80 Å². The minimum atomic E-state index is -0.280. The minimum absolute atomic E-state index is 0.0134. The molecule has 1 unspecified atom stereocenters. The van der Waals surface area contributed by atoms with E-state index in [1.54, 1.807) is 17.0 Å². The number of carbonyl (C=O) groups is 1. The van der Waals surface area contributed by atoms with Gasteiger partial charge < -0.3 is 9.64 Å². The molecule has 5 heteroatoms. The number of piperidine rings is 1. The van der Waals surface area contributed by atoms with Crippen LogP contribution in [-0.2, 0) is 4.79 Å². The van der Waals surface area contributed by atoms with Crippen LogP contribution in [0.2, 0.25) is 0 Å². The van der Waals surface area contributed by atoms with Crippen molar-refractivity contribution >= 4 is 5.91 Å². The van der Waals surface area contributed by atoms with Crippen LogP contribution in [0.5, 0.6) is 5.75 Å². The zero-order chi connectivity index (χ0) is 16.7. The fourth-order valence-corrected chi connectivity index (χ4v) is 3.02. The second kappa shape index (κ2) is 8.87. The maximum absolute atomic E-state index is 12.8. The summed E-state index contributed by atoms with van der Waals surface area (Å²) in [6.07, 6.45) is 4.32. The van der Waals surface area contributed by atoms with Gasteiger partial charge in [0.15, 0.2) is 0 Å². The van der Waals surface area contributed by atoms with Crippen LogP contribution in [0.4, 0.5) is 4.39 Å². The SMILES string of the molecule is CCCN1CCCCC1C(=O)N(C)CCOc1ccc(F)cc1. The standard InChI is InChI=1S/C18H27FN2O2/c1-3-11-21-12-5-4-6-17(21)18(22)20(2)13-14-23-16-9-7-15(19)8-10-16/h7-10,17H,3-6,11-14H2,1-2H3. The highest BCUT2D eigenvalue weighted by Gasteiger charge is 2.29. The van der Waals surface area contributed by atoms with Gasteiger partial charge in [-0.15, -0.1) is 0 Å². The third-order valence-electron chi connectivity index (χ3n) is 4.29. The van der Waals surface area contributed by atoms with Crippen LogP contribution in [0.15, 0.2) is 24.3 Å². The minimum Gasteiger partial charge on any atom is -0.492 e. The second-order valence-corrected chi connectivity index (χ2v) is 6.11. The first-order valence-electron chi connectivity index (χ1n) is 8.49. The summed E-state index contributed by atoms with van der Waals surface area (Å²) in [7, 11) is 1.83. The molecule has 1 aliphatic heterocycles. The van der Waals surface area contributed by atoms with E-state index in [0.29, 0.717) is 18.9 Å². The number of nitrogens with zero attached hydrogens (tertiary/aromatic N) is 2. The molecule has 4 nitrogen and oxygen atoms in total. The van der Waals surface area contributed by atoms with Crippen molar-refractivity contribution in [1.29, 1.82) is 0 Å². The number of benzene rings is 1. The molecular weight excluding hydrogens is 295 g/mol. The van der Waals surface area contributed by atoms with Crippen molar-refractivity contribution in [3.8, 4) is 5.75 Å². The fraction of sp³-hybridized carbons (Fsp3) is 0.611. The lowest BCUT2D eigenvalue weighted by Gasteiger charge is -2.36. The summed E-state index contributed by atoms with van der Waals surface area (Å²) in [6.45, 7) is 5.10. The van der Waals surface area contributed by atoms with Crippen LogP contribution < -0.4 is 4.74 Å². The number of halogens is 1. The molecule has 0 bridgehead atoms. The molecule has 0 aliphatic carbocycles. The molecule has 0 spiro atoms. The molecule has 0 aromatic heterocycles. The summed E-state index contributed by atoms with van der Waals surface area (Å²) < 4.78 is 18.4. The highest BCUT2D eigenvalue weighted by Crippen LogP contribution is 2.19. The van der Waals surface area contributed by atoms with E-state index < -0.39 is 0 Å². The Morgan fingerprint density at radius 2 is 2.09 bits per heavy atom. The van der Waals surface area contributed by atoms with Gasteiger partial charge in [0.25, 0.3) is 0 Å². The van der Waals surface area contributed by atoms with Crippen LogP contribution in [0.1, 0.15) is 32.6 Å². The summed E-state index contributed by atoms with van der Waals surface area (Å²) in [5.41, 5.74) is 0. The number of ether oxygens (including phenoxy) is 1. The van der Waals surface area contributed by atoms with Crippen molar-refractivity contribution in [2.75, 3.05) is 33.3 Å². The largest absolute Gasteiger partial charge is 0.492 e. The second-order valence-electron chi connectivity index (χ2n) is 6.11. The number of carbonyl (C=O) groups excluding carboxylic acids is 1. The van der Waals surface area contributed by atoms with Gasteiger partial charge in [-0.2, -0.15) is 0 Å². The van der Waals surface area contributed by atoms with Gasteiger partial charge >= 0.3 is 0 Å². The molecule has 1 aliphatic rings. The molecule has 0 saturated carbocycles. The average Bonchev–Trinajstić information content (AvgIpc) is 2.57. The van der Waals surface area contributed by atoms with E-state index in [0.717, 1.165) is 32.4 Å². The van der Waals surface area contributed by atoms with Gasteiger partial charge in [0.05, 0.1) is 12.6 Å². The van der Waals surface area contributed by atoms with Gasteiger partial charge in [-0.1, -0.05) is 13.3 Å². The van der Waals surface area contributed by atoms with E-state index in [1.165, 1.54) is 18.6 Å². The smallest absolute Gasteiger partial charge is 0.239 e. The average molecular weight is 322 g/mol. The van der Waals surface area contributed by atoms with Crippen LogP contribution in [0.3, 0.4) is 0 Å². The normalized spacial score (nSPS) is 18.7. The Morgan fingerprint density at radius 3 is 2.78 bits per heavy atom. The molecule has 2 rings (SSSR count). The molecule has 1 fully saturated rings. The van der Waals surface area contributed by atoms with Gasteiger partial charge in [-0.05, 0) is 56.6 Å². The molecular formula is C18H27FN2O2. The topological polar surface area (TPSA) is 32.8 Å². The summed E-state index contributed by atoms with van der Waals surface area (Å²) in [4.78, 5) is 16.7. The fourth-order valence-electron chi connectivity index (χ4n) is 3.02. The summed E-state index contributed by atoms with van der Waals surface area (Å²) in [6, 6.07) is 5.95. The lowest BCUT2D eigenvalue weighted by molar-refractivity contribution is -0.137. The molecule has 128 valence electrons. The van der Waals surface area contributed by atoms with Crippen LogP contribution >= 0.6 is 0 Å². The summed E-state index contributed by atoms with van der Waals surface area (Å²) in [5.74, 6) is 0.524. The Bertz CT molecular complexity index is 490. The first kappa shape index (κ1) is 17.7. The molecule has 23 heavy (non-hydrogen) atoms. The lowest BCUT2D eigenvalue weighted by Crippen LogP contribution is -2.50. The van der Waals surface area contributed by atoms with E-state index in [-0.39, 0.29) is 17.8 Å². The third kappa shape index (κ3) is 5.20. The van der Waals surface area contributed by atoms with Crippen molar-refractivity contribution in [3.63, 3.8) is 0 Å². The lowest BCUT2D eigenvalue weighted by atomic mass is 10.0. The molecule has 1 aromatic rings. The maximum Gasteiger partial charge on any atom is 0.239 e. The zero-order valence-electron chi connectivity index (χ0n) is 14.1. The van der Waals surface area contributed by atoms with E-state index in [2.05, 4.69) is 11.8 Å². The molecule has 1 atom stereocenters. The first-order valence-corrected chi connectivity index (χ1v) is 8.49. The summed E-state index contributed by atoms with van der Waals surface area (Å²) >= 11 is 0. The Balaban J connectivity index is 1.80.